The first-order valence-electron chi connectivity index (χ1n) is 5.91. The number of hydrogen-bond acceptors (Lipinski definition) is 3. The molecule has 1 aromatic heterocycles. The number of nitrogens with one attached hydrogen (secondary N) is 1. The van der Waals surface area contributed by atoms with Gasteiger partial charge in [-0.2, -0.15) is 0 Å². The van der Waals surface area contributed by atoms with Gasteiger partial charge in [-0.1, -0.05) is 13.8 Å². The number of carbonyl (C=O) groups is 1. The fourth-order valence-electron chi connectivity index (χ4n) is 1.57. The molecule has 2 N–H and O–H groups in total. The van der Waals surface area contributed by atoms with Gasteiger partial charge in [-0.25, -0.2) is 0 Å². The van der Waals surface area contributed by atoms with Gasteiger partial charge >= 0.3 is 0 Å². The molecule has 0 bridgehead atoms. The van der Waals surface area contributed by atoms with Gasteiger partial charge in [0.1, 0.15) is 0 Å². The number of thiophene rings is 1. The fraction of sp³-hybridized carbons (Fsp3) is 0.462. The van der Waals surface area contributed by atoms with E-state index in [0.29, 0.717) is 12.8 Å². The topological polar surface area (TPSA) is 49.3 Å². The van der Waals surface area contributed by atoms with Crippen molar-refractivity contribution in [1.29, 1.82) is 0 Å². The summed E-state index contributed by atoms with van der Waals surface area (Å²) in [6.45, 7) is 3.88. The highest BCUT2D eigenvalue weighted by atomic mass is 79.9. The van der Waals surface area contributed by atoms with E-state index >= 15 is 0 Å². The third kappa shape index (κ3) is 4.23. The first-order valence-corrected chi connectivity index (χ1v) is 7.52. The molecule has 0 fully saturated rings. The van der Waals surface area contributed by atoms with Crippen LogP contribution in [0.4, 0.5) is 0 Å². The van der Waals surface area contributed by atoms with E-state index in [-0.39, 0.29) is 12.5 Å². The van der Waals surface area contributed by atoms with Crippen molar-refractivity contribution in [3.63, 3.8) is 0 Å². The minimum atomic E-state index is -0.503. The highest BCUT2D eigenvalue weighted by Crippen LogP contribution is 2.23. The minimum Gasteiger partial charge on any atom is -0.394 e. The lowest BCUT2D eigenvalue weighted by Crippen LogP contribution is -2.49. The van der Waals surface area contributed by atoms with Gasteiger partial charge in [0.05, 0.1) is 15.9 Å². The average molecular weight is 332 g/mol. The highest BCUT2D eigenvalue weighted by molar-refractivity contribution is 9.11. The van der Waals surface area contributed by atoms with E-state index in [1.165, 1.54) is 6.08 Å². The number of hydrogen-bond donors (Lipinski definition) is 2. The molecule has 18 heavy (non-hydrogen) atoms. The summed E-state index contributed by atoms with van der Waals surface area (Å²) in [6, 6.07) is 3.88. The molecule has 0 saturated carbocycles. The van der Waals surface area contributed by atoms with Crippen LogP contribution in [0.2, 0.25) is 0 Å². The Labute approximate surface area is 120 Å². The molecule has 1 aromatic rings. The molecule has 0 spiro atoms. The van der Waals surface area contributed by atoms with Gasteiger partial charge < -0.3 is 10.4 Å². The van der Waals surface area contributed by atoms with E-state index < -0.39 is 5.54 Å². The molecule has 3 nitrogen and oxygen atoms in total. The second-order valence-corrected chi connectivity index (χ2v) is 6.60. The number of aliphatic hydroxyl groups is 1. The summed E-state index contributed by atoms with van der Waals surface area (Å²) in [6.07, 6.45) is 4.71. The van der Waals surface area contributed by atoms with Crippen LogP contribution in [0.15, 0.2) is 22.0 Å². The molecular weight excluding hydrogens is 314 g/mol. The lowest BCUT2D eigenvalue weighted by Gasteiger charge is -2.30. The molecule has 1 rings (SSSR count). The average Bonchev–Trinajstić information content (AvgIpc) is 2.80. The van der Waals surface area contributed by atoms with Crippen LogP contribution in [0, 0.1) is 0 Å². The van der Waals surface area contributed by atoms with Crippen LogP contribution < -0.4 is 5.32 Å². The van der Waals surface area contributed by atoms with Crippen LogP contribution in [0.25, 0.3) is 6.08 Å². The van der Waals surface area contributed by atoms with E-state index in [2.05, 4.69) is 21.2 Å². The molecule has 0 atom stereocenters. The van der Waals surface area contributed by atoms with Gasteiger partial charge in [-0.15, -0.1) is 11.3 Å². The standard InChI is InChI=1S/C13H18BrNO2S/c1-3-13(4-2,9-16)15-12(17)8-6-10-5-7-11(14)18-10/h5-8,16H,3-4,9H2,1-2H3,(H,15,17). The monoisotopic (exact) mass is 331 g/mol. The van der Waals surface area contributed by atoms with Crippen LogP contribution in [0.5, 0.6) is 0 Å². The van der Waals surface area contributed by atoms with Crippen molar-refractivity contribution in [2.75, 3.05) is 6.61 Å². The second-order valence-electron chi connectivity index (χ2n) is 4.11. The molecule has 100 valence electrons. The van der Waals surface area contributed by atoms with E-state index in [1.54, 1.807) is 17.4 Å². The van der Waals surface area contributed by atoms with E-state index in [4.69, 9.17) is 0 Å². The van der Waals surface area contributed by atoms with Gasteiger partial charge in [0.2, 0.25) is 5.91 Å². The first kappa shape index (κ1) is 15.4. The molecule has 0 aliphatic heterocycles. The van der Waals surface area contributed by atoms with Crippen molar-refractivity contribution in [3.05, 3.63) is 26.9 Å². The molecule has 1 amide bonds. The third-order valence-corrected chi connectivity index (χ3v) is 4.63. The number of amides is 1. The molecule has 0 unspecified atom stereocenters. The van der Waals surface area contributed by atoms with Crippen LogP contribution >= 0.6 is 27.3 Å². The zero-order valence-corrected chi connectivity index (χ0v) is 13.0. The van der Waals surface area contributed by atoms with Crippen molar-refractivity contribution >= 4 is 39.2 Å². The molecule has 0 radical (unpaired) electrons. The summed E-state index contributed by atoms with van der Waals surface area (Å²) in [5.41, 5.74) is -0.503. The Hall–Kier alpha value is -0.650. The van der Waals surface area contributed by atoms with E-state index in [9.17, 15) is 9.90 Å². The summed E-state index contributed by atoms with van der Waals surface area (Å²) in [5.74, 6) is -0.169. The van der Waals surface area contributed by atoms with Crippen LogP contribution in [0.3, 0.4) is 0 Å². The summed E-state index contributed by atoms with van der Waals surface area (Å²) in [4.78, 5) is 12.8. The SMILES string of the molecule is CCC(CC)(CO)NC(=O)C=Cc1ccc(Br)s1. The zero-order chi connectivity index (χ0) is 13.6. The lowest BCUT2D eigenvalue weighted by molar-refractivity contribution is -0.119. The Morgan fingerprint density at radius 3 is 2.61 bits per heavy atom. The minimum absolute atomic E-state index is 0.0376. The molecule has 0 aliphatic rings. The molecule has 1 heterocycles. The maximum atomic E-state index is 11.8. The van der Waals surface area contributed by atoms with E-state index in [1.807, 2.05) is 26.0 Å². The number of carbonyl (C=O) groups excluding carboxylic acids is 1. The Balaban J connectivity index is 2.63. The Kier molecular flexibility index (Phi) is 6.05. The van der Waals surface area contributed by atoms with Crippen molar-refractivity contribution in [1.82, 2.24) is 5.32 Å². The normalized spacial score (nSPS) is 12.0. The fourth-order valence-corrected chi connectivity index (χ4v) is 2.89. The largest absolute Gasteiger partial charge is 0.394 e. The smallest absolute Gasteiger partial charge is 0.244 e. The van der Waals surface area contributed by atoms with Gasteiger partial charge in [0.25, 0.3) is 0 Å². The molecule has 5 heteroatoms. The Bertz CT molecular complexity index is 416. The van der Waals surface area contributed by atoms with E-state index in [0.717, 1.165) is 8.66 Å². The molecule has 0 aliphatic carbocycles. The first-order chi connectivity index (χ1) is 8.55. The second kappa shape index (κ2) is 7.07. The van der Waals surface area contributed by atoms with Crippen molar-refractivity contribution in [2.24, 2.45) is 0 Å². The van der Waals surface area contributed by atoms with Gasteiger partial charge in [-0.05, 0) is 47.0 Å². The maximum absolute atomic E-state index is 11.8. The highest BCUT2D eigenvalue weighted by Gasteiger charge is 2.26. The maximum Gasteiger partial charge on any atom is 0.244 e. The Morgan fingerprint density at radius 1 is 1.50 bits per heavy atom. The summed E-state index contributed by atoms with van der Waals surface area (Å²) in [5, 5.41) is 12.2. The van der Waals surface area contributed by atoms with Crippen molar-refractivity contribution in [3.8, 4) is 0 Å². The van der Waals surface area contributed by atoms with Gasteiger partial charge in [0, 0.05) is 11.0 Å². The zero-order valence-electron chi connectivity index (χ0n) is 10.6. The number of halogens is 1. The quantitative estimate of drug-likeness (QED) is 0.786. The van der Waals surface area contributed by atoms with Crippen LogP contribution in [-0.2, 0) is 4.79 Å². The van der Waals surface area contributed by atoms with Gasteiger partial charge in [-0.3, -0.25) is 4.79 Å². The molecular formula is C13H18BrNO2S. The summed E-state index contributed by atoms with van der Waals surface area (Å²) < 4.78 is 1.04. The van der Waals surface area contributed by atoms with Gasteiger partial charge in [0.15, 0.2) is 0 Å². The van der Waals surface area contributed by atoms with Crippen molar-refractivity contribution in [2.45, 2.75) is 32.2 Å². The van der Waals surface area contributed by atoms with Crippen molar-refractivity contribution < 1.29 is 9.90 Å². The summed E-state index contributed by atoms with van der Waals surface area (Å²) in [7, 11) is 0. The number of aliphatic hydroxyl groups excluding tert-OH is 1. The number of rotatable bonds is 6. The van der Waals surface area contributed by atoms with Crippen LogP contribution in [0.1, 0.15) is 31.6 Å². The molecule has 0 aromatic carbocycles. The summed E-state index contributed by atoms with van der Waals surface area (Å²) >= 11 is 4.94. The predicted octanol–water partition coefficient (Wildman–Crippen LogP) is 3.19. The van der Waals surface area contributed by atoms with Crippen LogP contribution in [-0.4, -0.2) is 23.2 Å². The predicted molar refractivity (Wildman–Crippen MR) is 79.6 cm³/mol. The molecule has 0 saturated heterocycles. The Morgan fingerprint density at radius 2 is 2.17 bits per heavy atom. The third-order valence-electron chi connectivity index (χ3n) is 3.04. The lowest BCUT2D eigenvalue weighted by atomic mass is 9.94.